The van der Waals surface area contributed by atoms with Crippen LogP contribution in [0.25, 0.3) is 0 Å². The standard InChI is InChI=1S/C22H27FN6O/c1-16-6-4-5-7-19(16)27-20(25-15-24)29-13-12-28(14-22(29,2)3)21(30)26-18-10-8-17(23)9-11-18/h4-11,20,25,27H,12-14H2,1-3H3,(H,26,30). The van der Waals surface area contributed by atoms with Gasteiger partial charge in [-0.3, -0.25) is 10.2 Å². The highest BCUT2D eigenvalue weighted by Crippen LogP contribution is 2.25. The average Bonchev–Trinajstić information content (AvgIpc) is 2.70. The predicted octanol–water partition coefficient (Wildman–Crippen LogP) is 3.53. The zero-order valence-electron chi connectivity index (χ0n) is 17.4. The highest BCUT2D eigenvalue weighted by molar-refractivity contribution is 5.89. The summed E-state index contributed by atoms with van der Waals surface area (Å²) in [6.07, 6.45) is 1.63. The molecule has 0 radical (unpaired) electrons. The molecular formula is C22H27FN6O. The molecule has 0 bridgehead atoms. The number of aryl methyl sites for hydroxylation is 1. The topological polar surface area (TPSA) is 83.4 Å². The Bertz CT molecular complexity index is 924. The minimum Gasteiger partial charge on any atom is -0.352 e. The van der Waals surface area contributed by atoms with Crippen molar-refractivity contribution in [2.75, 3.05) is 30.3 Å². The summed E-state index contributed by atoms with van der Waals surface area (Å²) in [7, 11) is 0. The number of amides is 2. The van der Waals surface area contributed by atoms with Gasteiger partial charge in [-0.05, 0) is 56.7 Å². The number of carbonyl (C=O) groups excluding carboxylic acids is 1. The molecule has 2 amide bonds. The molecule has 0 aliphatic carbocycles. The van der Waals surface area contributed by atoms with Crippen molar-refractivity contribution in [1.82, 2.24) is 15.1 Å². The van der Waals surface area contributed by atoms with E-state index in [1.54, 1.807) is 4.90 Å². The van der Waals surface area contributed by atoms with Gasteiger partial charge in [-0.25, -0.2) is 9.18 Å². The molecule has 1 atom stereocenters. The maximum Gasteiger partial charge on any atom is 0.321 e. The summed E-state index contributed by atoms with van der Waals surface area (Å²) in [4.78, 5) is 16.6. The fourth-order valence-electron chi connectivity index (χ4n) is 3.69. The molecule has 0 aromatic heterocycles. The average molecular weight is 410 g/mol. The van der Waals surface area contributed by atoms with Gasteiger partial charge in [0.1, 0.15) is 5.82 Å². The fourth-order valence-corrected chi connectivity index (χ4v) is 3.69. The van der Waals surface area contributed by atoms with Gasteiger partial charge in [0.25, 0.3) is 0 Å². The number of piperazine rings is 1. The number of hydrogen-bond donors (Lipinski definition) is 3. The van der Waals surface area contributed by atoms with Gasteiger partial charge in [0.15, 0.2) is 12.5 Å². The van der Waals surface area contributed by atoms with Crippen LogP contribution in [0.2, 0.25) is 0 Å². The van der Waals surface area contributed by atoms with Gasteiger partial charge < -0.3 is 15.5 Å². The van der Waals surface area contributed by atoms with E-state index in [1.165, 1.54) is 24.3 Å². The number of anilines is 2. The van der Waals surface area contributed by atoms with E-state index in [4.69, 9.17) is 0 Å². The lowest BCUT2D eigenvalue weighted by Gasteiger charge is -2.49. The van der Waals surface area contributed by atoms with Crippen LogP contribution in [-0.4, -0.2) is 47.3 Å². The Morgan fingerprint density at radius 1 is 1.17 bits per heavy atom. The molecule has 0 spiro atoms. The molecule has 3 rings (SSSR count). The number of nitrogens with one attached hydrogen (secondary N) is 3. The van der Waals surface area contributed by atoms with Gasteiger partial charge in [0.2, 0.25) is 0 Å². The van der Waals surface area contributed by atoms with Crippen LogP contribution in [0.1, 0.15) is 19.4 Å². The first-order valence-corrected chi connectivity index (χ1v) is 9.85. The van der Waals surface area contributed by atoms with E-state index in [0.29, 0.717) is 25.3 Å². The molecule has 2 aromatic carbocycles. The molecule has 1 aliphatic rings. The number of benzene rings is 2. The molecule has 30 heavy (non-hydrogen) atoms. The van der Waals surface area contributed by atoms with Crippen molar-refractivity contribution < 1.29 is 9.18 Å². The lowest BCUT2D eigenvalue weighted by atomic mass is 9.99. The molecule has 1 aliphatic heterocycles. The molecule has 3 N–H and O–H groups in total. The van der Waals surface area contributed by atoms with E-state index in [0.717, 1.165) is 11.3 Å². The Kier molecular flexibility index (Phi) is 6.43. The monoisotopic (exact) mass is 410 g/mol. The lowest BCUT2D eigenvalue weighted by molar-refractivity contribution is 0.00768. The maximum absolute atomic E-state index is 13.1. The number of para-hydroxylation sites is 1. The summed E-state index contributed by atoms with van der Waals surface area (Å²) in [5.74, 6) is -0.347. The third kappa shape index (κ3) is 4.99. The van der Waals surface area contributed by atoms with E-state index in [9.17, 15) is 14.4 Å². The third-order valence-corrected chi connectivity index (χ3v) is 5.30. The zero-order valence-corrected chi connectivity index (χ0v) is 17.4. The number of carbonyl (C=O) groups is 1. The number of hydrogen-bond acceptors (Lipinski definition) is 5. The minimum absolute atomic E-state index is 0.231. The molecule has 1 fully saturated rings. The lowest BCUT2D eigenvalue weighted by Crippen LogP contribution is -2.67. The van der Waals surface area contributed by atoms with Crippen molar-refractivity contribution >= 4 is 17.4 Å². The number of urea groups is 1. The van der Waals surface area contributed by atoms with Gasteiger partial charge in [-0.2, -0.15) is 5.26 Å². The van der Waals surface area contributed by atoms with Crippen LogP contribution in [0, 0.1) is 24.2 Å². The van der Waals surface area contributed by atoms with Crippen LogP contribution in [0.4, 0.5) is 20.6 Å². The quantitative estimate of drug-likeness (QED) is 0.399. The van der Waals surface area contributed by atoms with Gasteiger partial charge in [-0.15, -0.1) is 0 Å². The first-order valence-electron chi connectivity index (χ1n) is 9.85. The van der Waals surface area contributed by atoms with Crippen LogP contribution in [0.5, 0.6) is 0 Å². The molecule has 8 heteroatoms. The van der Waals surface area contributed by atoms with Crippen molar-refractivity contribution in [3.05, 3.63) is 59.9 Å². The molecule has 1 unspecified atom stereocenters. The minimum atomic E-state index is -0.409. The second kappa shape index (κ2) is 9.01. The highest BCUT2D eigenvalue weighted by Gasteiger charge is 2.39. The van der Waals surface area contributed by atoms with Crippen LogP contribution in [-0.2, 0) is 0 Å². The Morgan fingerprint density at radius 2 is 1.87 bits per heavy atom. The van der Waals surface area contributed by atoms with Gasteiger partial charge >= 0.3 is 6.03 Å². The van der Waals surface area contributed by atoms with Gasteiger partial charge in [0.05, 0.1) is 0 Å². The van der Waals surface area contributed by atoms with Crippen LogP contribution in [0.15, 0.2) is 48.5 Å². The number of nitriles is 1. The first kappa shape index (κ1) is 21.4. The van der Waals surface area contributed by atoms with Crippen molar-refractivity contribution in [1.29, 1.82) is 5.26 Å². The summed E-state index contributed by atoms with van der Waals surface area (Å²) in [5.41, 5.74) is 2.17. The summed E-state index contributed by atoms with van der Waals surface area (Å²) in [6.45, 7) is 7.62. The second-order valence-corrected chi connectivity index (χ2v) is 7.98. The van der Waals surface area contributed by atoms with Gasteiger partial charge in [0, 0.05) is 36.5 Å². The summed E-state index contributed by atoms with van der Waals surface area (Å²) < 4.78 is 13.1. The Balaban J connectivity index is 1.69. The normalized spacial score (nSPS) is 17.0. The maximum atomic E-state index is 13.1. The van der Waals surface area contributed by atoms with E-state index in [-0.39, 0.29) is 11.8 Å². The number of nitrogens with zero attached hydrogens (tertiary/aromatic N) is 3. The van der Waals surface area contributed by atoms with Crippen molar-refractivity contribution in [3.8, 4) is 6.19 Å². The molecule has 2 aromatic rings. The summed E-state index contributed by atoms with van der Waals surface area (Å²) >= 11 is 0. The van der Waals surface area contributed by atoms with Crippen molar-refractivity contribution in [2.24, 2.45) is 0 Å². The Morgan fingerprint density at radius 3 is 2.50 bits per heavy atom. The van der Waals surface area contributed by atoms with Gasteiger partial charge in [-0.1, -0.05) is 18.2 Å². The van der Waals surface area contributed by atoms with E-state index >= 15 is 0 Å². The fraction of sp³-hybridized carbons (Fsp3) is 0.364. The molecule has 1 saturated heterocycles. The second-order valence-electron chi connectivity index (χ2n) is 7.98. The van der Waals surface area contributed by atoms with Crippen LogP contribution in [0.3, 0.4) is 0 Å². The van der Waals surface area contributed by atoms with E-state index in [2.05, 4.69) is 20.9 Å². The summed E-state index contributed by atoms with van der Waals surface area (Å²) in [6, 6.07) is 13.4. The molecule has 0 saturated carbocycles. The van der Waals surface area contributed by atoms with Crippen molar-refractivity contribution in [3.63, 3.8) is 0 Å². The Labute approximate surface area is 176 Å². The predicted molar refractivity (Wildman–Crippen MR) is 115 cm³/mol. The molecule has 158 valence electrons. The number of halogens is 1. The Hall–Kier alpha value is -3.31. The summed E-state index contributed by atoms with van der Waals surface area (Å²) in [5, 5.41) is 18.3. The van der Waals surface area contributed by atoms with Crippen LogP contribution >= 0.6 is 0 Å². The zero-order chi connectivity index (χ0) is 21.7. The molecule has 7 nitrogen and oxygen atoms in total. The van der Waals surface area contributed by atoms with Crippen molar-refractivity contribution in [2.45, 2.75) is 32.6 Å². The smallest absolute Gasteiger partial charge is 0.321 e. The number of rotatable bonds is 5. The highest BCUT2D eigenvalue weighted by atomic mass is 19.1. The largest absolute Gasteiger partial charge is 0.352 e. The van der Waals surface area contributed by atoms with Crippen LogP contribution < -0.4 is 16.0 Å². The SMILES string of the molecule is Cc1ccccc1NC(NC#N)N1CCN(C(=O)Nc2ccc(F)cc2)CC1(C)C. The third-order valence-electron chi connectivity index (χ3n) is 5.30. The van der Waals surface area contributed by atoms with E-state index in [1.807, 2.05) is 51.2 Å². The first-order chi connectivity index (χ1) is 14.3. The van der Waals surface area contributed by atoms with E-state index < -0.39 is 11.8 Å². The molecule has 1 heterocycles. The molecular weight excluding hydrogens is 383 g/mol.